The molecule has 0 fully saturated rings. The molecular weight excluding hydrogens is 298 g/mol. The Morgan fingerprint density at radius 2 is 1.92 bits per heavy atom. The van der Waals surface area contributed by atoms with E-state index >= 15 is 0 Å². The molecule has 4 heteroatoms. The number of aryl methyl sites for hydroxylation is 3. The van der Waals surface area contributed by atoms with Crippen molar-refractivity contribution in [1.29, 1.82) is 0 Å². The number of carbonyl (C=O) groups excluding carboxylic acids is 1. The fraction of sp³-hybridized carbons (Fsp3) is 0.400. The zero-order chi connectivity index (χ0) is 17.5. The van der Waals surface area contributed by atoms with Crippen LogP contribution >= 0.6 is 0 Å². The number of nitrogens with zero attached hydrogens (tertiary/aromatic N) is 1. The number of rotatable bonds is 7. The van der Waals surface area contributed by atoms with Gasteiger partial charge in [0, 0.05) is 37.1 Å². The van der Waals surface area contributed by atoms with Crippen LogP contribution in [0, 0.1) is 20.8 Å². The van der Waals surface area contributed by atoms with Gasteiger partial charge >= 0.3 is 0 Å². The van der Waals surface area contributed by atoms with Gasteiger partial charge in [0.1, 0.15) is 0 Å². The van der Waals surface area contributed by atoms with Crippen molar-refractivity contribution in [2.45, 2.75) is 46.6 Å². The first-order chi connectivity index (χ1) is 11.5. The van der Waals surface area contributed by atoms with Crippen LogP contribution in [-0.4, -0.2) is 23.5 Å². The lowest BCUT2D eigenvalue weighted by atomic mass is 10.0. The Morgan fingerprint density at radius 1 is 1.21 bits per heavy atom. The topological polar surface area (TPSA) is 54.0 Å². The largest absolute Gasteiger partial charge is 0.326 e. The second-order valence-corrected chi connectivity index (χ2v) is 6.49. The average molecular weight is 325 g/mol. The number of aromatic nitrogens is 1. The Hall–Kier alpha value is -2.20. The number of pyridine rings is 1. The Balaban J connectivity index is 1.77. The van der Waals surface area contributed by atoms with Crippen molar-refractivity contribution in [3.8, 4) is 0 Å². The SMILES string of the molecule is Cc1cc(C)c(NC(=O)CCN[C@@H](C)Cc2cccnc2)c(C)c1. The molecule has 1 aromatic heterocycles. The van der Waals surface area contributed by atoms with E-state index in [1.165, 1.54) is 11.1 Å². The maximum absolute atomic E-state index is 12.2. The number of amides is 1. The van der Waals surface area contributed by atoms with Crippen LogP contribution in [0.15, 0.2) is 36.7 Å². The Labute approximate surface area is 144 Å². The molecule has 1 heterocycles. The van der Waals surface area contributed by atoms with Gasteiger partial charge in [-0.2, -0.15) is 0 Å². The monoisotopic (exact) mass is 325 g/mol. The average Bonchev–Trinajstić information content (AvgIpc) is 2.52. The second kappa shape index (κ2) is 8.60. The molecule has 0 bridgehead atoms. The molecule has 0 aliphatic rings. The normalized spacial score (nSPS) is 12.0. The molecule has 0 aliphatic carbocycles. The van der Waals surface area contributed by atoms with Crippen molar-refractivity contribution in [3.63, 3.8) is 0 Å². The molecule has 1 amide bonds. The van der Waals surface area contributed by atoms with Gasteiger partial charge in [-0.05, 0) is 56.9 Å². The van der Waals surface area contributed by atoms with Crippen LogP contribution in [0.3, 0.4) is 0 Å². The number of anilines is 1. The molecule has 1 atom stereocenters. The first-order valence-corrected chi connectivity index (χ1v) is 8.45. The van der Waals surface area contributed by atoms with E-state index < -0.39 is 0 Å². The van der Waals surface area contributed by atoms with Crippen molar-refractivity contribution < 1.29 is 4.79 Å². The van der Waals surface area contributed by atoms with Gasteiger partial charge in [-0.3, -0.25) is 9.78 Å². The van der Waals surface area contributed by atoms with Crippen molar-refractivity contribution in [1.82, 2.24) is 10.3 Å². The summed E-state index contributed by atoms with van der Waals surface area (Å²) in [6.45, 7) is 8.92. The summed E-state index contributed by atoms with van der Waals surface area (Å²) in [5.74, 6) is 0.0473. The third-order valence-corrected chi connectivity index (χ3v) is 4.05. The maximum Gasteiger partial charge on any atom is 0.225 e. The van der Waals surface area contributed by atoms with Crippen LogP contribution in [0.25, 0.3) is 0 Å². The minimum absolute atomic E-state index is 0.0473. The van der Waals surface area contributed by atoms with E-state index in [0.717, 1.165) is 23.2 Å². The van der Waals surface area contributed by atoms with Gasteiger partial charge in [-0.15, -0.1) is 0 Å². The Kier molecular flexibility index (Phi) is 6.50. The van der Waals surface area contributed by atoms with Gasteiger partial charge in [-0.25, -0.2) is 0 Å². The lowest BCUT2D eigenvalue weighted by molar-refractivity contribution is -0.116. The second-order valence-electron chi connectivity index (χ2n) is 6.49. The van der Waals surface area contributed by atoms with E-state index in [2.05, 4.69) is 47.7 Å². The lowest BCUT2D eigenvalue weighted by Gasteiger charge is -2.15. The molecule has 4 nitrogen and oxygen atoms in total. The highest BCUT2D eigenvalue weighted by Crippen LogP contribution is 2.21. The van der Waals surface area contributed by atoms with Crippen LogP contribution in [0.4, 0.5) is 5.69 Å². The minimum atomic E-state index is 0.0473. The third-order valence-electron chi connectivity index (χ3n) is 4.05. The zero-order valence-corrected chi connectivity index (χ0v) is 15.0. The van der Waals surface area contributed by atoms with Gasteiger partial charge in [0.2, 0.25) is 5.91 Å². The lowest BCUT2D eigenvalue weighted by Crippen LogP contribution is -2.31. The molecule has 0 radical (unpaired) electrons. The van der Waals surface area contributed by atoms with Crippen LogP contribution < -0.4 is 10.6 Å². The summed E-state index contributed by atoms with van der Waals surface area (Å²) >= 11 is 0. The van der Waals surface area contributed by atoms with Gasteiger partial charge in [0.25, 0.3) is 0 Å². The first kappa shape index (κ1) is 18.1. The molecular formula is C20H27N3O. The molecule has 0 saturated heterocycles. The van der Waals surface area contributed by atoms with Crippen LogP contribution in [0.1, 0.15) is 35.6 Å². The maximum atomic E-state index is 12.2. The van der Waals surface area contributed by atoms with Gasteiger partial charge in [0.05, 0.1) is 0 Å². The van der Waals surface area contributed by atoms with E-state index in [1.54, 1.807) is 6.20 Å². The minimum Gasteiger partial charge on any atom is -0.326 e. The molecule has 0 spiro atoms. The van der Waals surface area contributed by atoms with Gasteiger partial charge in [-0.1, -0.05) is 23.8 Å². The Bertz CT molecular complexity index is 660. The van der Waals surface area contributed by atoms with Crippen molar-refractivity contribution in [2.75, 3.05) is 11.9 Å². The summed E-state index contributed by atoms with van der Waals surface area (Å²) in [6.07, 6.45) is 5.03. The van der Waals surface area contributed by atoms with Crippen molar-refractivity contribution in [3.05, 3.63) is 58.9 Å². The summed E-state index contributed by atoms with van der Waals surface area (Å²) in [4.78, 5) is 16.3. The van der Waals surface area contributed by atoms with E-state index in [1.807, 2.05) is 26.1 Å². The zero-order valence-electron chi connectivity index (χ0n) is 15.0. The number of hydrogen-bond donors (Lipinski definition) is 2. The van der Waals surface area contributed by atoms with Gasteiger partial charge < -0.3 is 10.6 Å². The number of nitrogens with one attached hydrogen (secondary N) is 2. The molecule has 0 unspecified atom stereocenters. The standard InChI is InChI=1S/C20H27N3O/c1-14-10-15(2)20(16(3)11-14)23-19(24)7-9-22-17(4)12-18-6-5-8-21-13-18/h5-6,8,10-11,13,17,22H,7,9,12H2,1-4H3,(H,23,24)/t17-/m0/s1. The fourth-order valence-electron chi connectivity index (χ4n) is 2.96. The molecule has 1 aromatic carbocycles. The molecule has 2 aromatic rings. The third kappa shape index (κ3) is 5.46. The summed E-state index contributed by atoms with van der Waals surface area (Å²) in [6, 6.07) is 8.51. The van der Waals surface area contributed by atoms with E-state index in [0.29, 0.717) is 19.0 Å². The molecule has 0 aliphatic heterocycles. The fourth-order valence-corrected chi connectivity index (χ4v) is 2.96. The number of carbonyl (C=O) groups is 1. The first-order valence-electron chi connectivity index (χ1n) is 8.45. The van der Waals surface area contributed by atoms with E-state index in [-0.39, 0.29) is 5.91 Å². The summed E-state index contributed by atoms with van der Waals surface area (Å²) < 4.78 is 0. The number of hydrogen-bond acceptors (Lipinski definition) is 3. The van der Waals surface area contributed by atoms with Crippen molar-refractivity contribution in [2.24, 2.45) is 0 Å². The summed E-state index contributed by atoms with van der Waals surface area (Å²) in [7, 11) is 0. The van der Waals surface area contributed by atoms with Crippen molar-refractivity contribution >= 4 is 11.6 Å². The van der Waals surface area contributed by atoms with E-state index in [9.17, 15) is 4.79 Å². The van der Waals surface area contributed by atoms with Crippen LogP contribution in [-0.2, 0) is 11.2 Å². The highest BCUT2D eigenvalue weighted by molar-refractivity contribution is 5.92. The molecule has 0 saturated carbocycles. The highest BCUT2D eigenvalue weighted by Gasteiger charge is 2.09. The summed E-state index contributed by atoms with van der Waals surface area (Å²) in [5.41, 5.74) is 5.58. The highest BCUT2D eigenvalue weighted by atomic mass is 16.1. The van der Waals surface area contributed by atoms with Crippen LogP contribution in [0.2, 0.25) is 0 Å². The smallest absolute Gasteiger partial charge is 0.225 e. The predicted molar refractivity (Wildman–Crippen MR) is 99.3 cm³/mol. The Morgan fingerprint density at radius 3 is 2.54 bits per heavy atom. The quantitative estimate of drug-likeness (QED) is 0.818. The van der Waals surface area contributed by atoms with Crippen LogP contribution in [0.5, 0.6) is 0 Å². The number of benzene rings is 1. The molecule has 2 rings (SSSR count). The van der Waals surface area contributed by atoms with Gasteiger partial charge in [0.15, 0.2) is 0 Å². The molecule has 128 valence electrons. The predicted octanol–water partition coefficient (Wildman–Crippen LogP) is 3.56. The van der Waals surface area contributed by atoms with E-state index in [4.69, 9.17) is 0 Å². The molecule has 24 heavy (non-hydrogen) atoms. The summed E-state index contributed by atoms with van der Waals surface area (Å²) in [5, 5.41) is 6.44. The molecule has 2 N–H and O–H groups in total.